The molecule has 2 N–H and O–H groups in total. The van der Waals surface area contributed by atoms with E-state index in [1.54, 1.807) is 18.2 Å². The van der Waals surface area contributed by atoms with E-state index in [9.17, 15) is 8.78 Å². The summed E-state index contributed by atoms with van der Waals surface area (Å²) >= 11 is 0. The zero-order valence-corrected chi connectivity index (χ0v) is 6.94. The predicted molar refractivity (Wildman–Crippen MR) is 44.5 cm³/mol. The van der Waals surface area contributed by atoms with Crippen LogP contribution in [0.2, 0.25) is 0 Å². The number of rotatable bonds is 0. The van der Waals surface area contributed by atoms with Crippen molar-refractivity contribution in [3.05, 3.63) is 35.4 Å². The molecule has 4 heteroatoms. The van der Waals surface area contributed by atoms with Crippen molar-refractivity contribution in [2.45, 2.75) is 12.0 Å². The molecule has 12 heavy (non-hydrogen) atoms. The third-order valence-corrected chi connectivity index (χ3v) is 2.05. The lowest BCUT2D eigenvalue weighted by Gasteiger charge is -2.36. The molecular formula is C8H8ClF2N. The molecular weight excluding hydrogens is 184 g/mol. The van der Waals surface area contributed by atoms with Crippen molar-refractivity contribution < 1.29 is 8.78 Å². The van der Waals surface area contributed by atoms with Gasteiger partial charge in [0.05, 0.1) is 6.04 Å². The fraction of sp³-hybridized carbons (Fsp3) is 0.250. The van der Waals surface area contributed by atoms with E-state index in [1.165, 1.54) is 6.07 Å². The predicted octanol–water partition coefficient (Wildman–Crippen LogP) is 2.21. The molecule has 0 amide bonds. The van der Waals surface area contributed by atoms with Crippen molar-refractivity contribution in [1.82, 2.24) is 0 Å². The van der Waals surface area contributed by atoms with Crippen LogP contribution in [-0.4, -0.2) is 0 Å². The van der Waals surface area contributed by atoms with E-state index in [0.717, 1.165) is 0 Å². The van der Waals surface area contributed by atoms with E-state index in [0.29, 0.717) is 5.56 Å². The monoisotopic (exact) mass is 191 g/mol. The summed E-state index contributed by atoms with van der Waals surface area (Å²) in [6.07, 6.45) is 0. The van der Waals surface area contributed by atoms with E-state index < -0.39 is 12.0 Å². The fourth-order valence-electron chi connectivity index (χ4n) is 1.36. The largest absolute Gasteiger partial charge is 0.319 e. The van der Waals surface area contributed by atoms with Gasteiger partial charge < -0.3 is 5.73 Å². The highest BCUT2D eigenvalue weighted by molar-refractivity contribution is 5.85. The van der Waals surface area contributed by atoms with Gasteiger partial charge in [0.15, 0.2) is 0 Å². The molecule has 2 rings (SSSR count). The Hall–Kier alpha value is -0.670. The Morgan fingerprint density at radius 2 is 1.83 bits per heavy atom. The van der Waals surface area contributed by atoms with Gasteiger partial charge in [-0.25, -0.2) is 0 Å². The van der Waals surface area contributed by atoms with E-state index in [2.05, 4.69) is 0 Å². The molecule has 0 fully saturated rings. The summed E-state index contributed by atoms with van der Waals surface area (Å²) in [5.74, 6) is -2.81. The van der Waals surface area contributed by atoms with Gasteiger partial charge in [-0.3, -0.25) is 0 Å². The topological polar surface area (TPSA) is 26.0 Å². The first-order valence-corrected chi connectivity index (χ1v) is 3.37. The molecule has 0 aromatic heterocycles. The molecule has 0 aliphatic heterocycles. The Kier molecular flexibility index (Phi) is 2.10. The van der Waals surface area contributed by atoms with Gasteiger partial charge in [0, 0.05) is 5.56 Å². The van der Waals surface area contributed by atoms with Crippen LogP contribution in [-0.2, 0) is 5.92 Å². The maximum atomic E-state index is 12.8. The minimum atomic E-state index is -2.81. The number of nitrogens with two attached hydrogens (primary N) is 1. The fourth-order valence-corrected chi connectivity index (χ4v) is 1.36. The lowest BCUT2D eigenvalue weighted by atomic mass is 9.80. The third-order valence-electron chi connectivity index (χ3n) is 2.05. The van der Waals surface area contributed by atoms with Crippen LogP contribution >= 0.6 is 12.4 Å². The molecule has 0 spiro atoms. The van der Waals surface area contributed by atoms with E-state index in [-0.39, 0.29) is 18.0 Å². The van der Waals surface area contributed by atoms with Crippen molar-refractivity contribution in [3.8, 4) is 0 Å². The van der Waals surface area contributed by atoms with Gasteiger partial charge >= 0.3 is 0 Å². The molecule has 1 aromatic rings. The van der Waals surface area contributed by atoms with Crippen molar-refractivity contribution in [1.29, 1.82) is 0 Å². The number of halogens is 3. The van der Waals surface area contributed by atoms with Crippen LogP contribution in [0.25, 0.3) is 0 Å². The molecule has 0 heterocycles. The summed E-state index contributed by atoms with van der Waals surface area (Å²) < 4.78 is 25.6. The van der Waals surface area contributed by atoms with Gasteiger partial charge in [-0.05, 0) is 5.56 Å². The van der Waals surface area contributed by atoms with Gasteiger partial charge in [0.1, 0.15) is 0 Å². The number of alkyl halides is 2. The molecule has 1 atom stereocenters. The first-order chi connectivity index (χ1) is 5.14. The Morgan fingerprint density at radius 3 is 2.42 bits per heavy atom. The van der Waals surface area contributed by atoms with Crippen LogP contribution in [0.15, 0.2) is 24.3 Å². The normalized spacial score (nSPS) is 23.4. The van der Waals surface area contributed by atoms with Crippen molar-refractivity contribution in [2.24, 2.45) is 5.73 Å². The standard InChI is InChI=1S/C8H7F2N.ClH/c9-8(10)6-4-2-1-3-5(6)7(8)11;/h1-4,7H,11H2;1H. The summed E-state index contributed by atoms with van der Waals surface area (Å²) in [5, 5.41) is 0. The first kappa shape index (κ1) is 9.42. The molecule has 0 saturated carbocycles. The van der Waals surface area contributed by atoms with E-state index in [4.69, 9.17) is 5.73 Å². The molecule has 1 aromatic carbocycles. The van der Waals surface area contributed by atoms with Gasteiger partial charge in [0.2, 0.25) is 0 Å². The lowest BCUT2D eigenvalue weighted by Crippen LogP contribution is -2.41. The minimum absolute atomic E-state index is 0. The molecule has 0 bridgehead atoms. The molecule has 0 saturated heterocycles. The highest BCUT2D eigenvalue weighted by atomic mass is 35.5. The summed E-state index contributed by atoms with van der Waals surface area (Å²) in [4.78, 5) is 0. The van der Waals surface area contributed by atoms with Crippen LogP contribution in [0, 0.1) is 0 Å². The summed E-state index contributed by atoms with van der Waals surface area (Å²) in [6.45, 7) is 0. The maximum absolute atomic E-state index is 12.8. The van der Waals surface area contributed by atoms with E-state index in [1.807, 2.05) is 0 Å². The van der Waals surface area contributed by atoms with Crippen LogP contribution in [0.5, 0.6) is 0 Å². The summed E-state index contributed by atoms with van der Waals surface area (Å²) in [7, 11) is 0. The van der Waals surface area contributed by atoms with Crippen LogP contribution in [0.1, 0.15) is 17.2 Å². The number of benzene rings is 1. The zero-order valence-electron chi connectivity index (χ0n) is 6.13. The van der Waals surface area contributed by atoms with E-state index >= 15 is 0 Å². The van der Waals surface area contributed by atoms with Crippen LogP contribution in [0.4, 0.5) is 8.78 Å². The summed E-state index contributed by atoms with van der Waals surface area (Å²) in [6, 6.07) is 5.27. The first-order valence-electron chi connectivity index (χ1n) is 3.37. The number of fused-ring (bicyclic) bond motifs is 1. The number of hydrogen-bond donors (Lipinski definition) is 1. The van der Waals surface area contributed by atoms with Gasteiger partial charge in [-0.1, -0.05) is 24.3 Å². The maximum Gasteiger partial charge on any atom is 0.292 e. The second kappa shape index (κ2) is 2.68. The molecule has 1 aliphatic rings. The molecule has 1 nitrogen and oxygen atoms in total. The zero-order chi connectivity index (χ0) is 8.06. The summed E-state index contributed by atoms with van der Waals surface area (Å²) in [5.41, 5.74) is 5.86. The second-order valence-corrected chi connectivity index (χ2v) is 2.69. The lowest BCUT2D eigenvalue weighted by molar-refractivity contribution is -0.0602. The molecule has 66 valence electrons. The average Bonchev–Trinajstić information content (AvgIpc) is 2.04. The number of hydrogen-bond acceptors (Lipinski definition) is 1. The van der Waals surface area contributed by atoms with Crippen LogP contribution < -0.4 is 5.73 Å². The third kappa shape index (κ3) is 0.934. The van der Waals surface area contributed by atoms with Crippen molar-refractivity contribution in [3.63, 3.8) is 0 Å². The van der Waals surface area contributed by atoms with Crippen molar-refractivity contribution in [2.75, 3.05) is 0 Å². The van der Waals surface area contributed by atoms with Crippen molar-refractivity contribution >= 4 is 12.4 Å². The SMILES string of the molecule is Cl.NC1c2ccccc2C1(F)F. The highest BCUT2D eigenvalue weighted by Gasteiger charge is 2.51. The van der Waals surface area contributed by atoms with Crippen LogP contribution in [0.3, 0.4) is 0 Å². The van der Waals surface area contributed by atoms with Gasteiger partial charge in [-0.2, -0.15) is 8.78 Å². The quantitative estimate of drug-likeness (QED) is 0.669. The highest BCUT2D eigenvalue weighted by Crippen LogP contribution is 2.50. The molecule has 1 aliphatic carbocycles. The van der Waals surface area contributed by atoms with Gasteiger partial charge in [0.25, 0.3) is 5.92 Å². The molecule has 0 radical (unpaired) electrons. The second-order valence-electron chi connectivity index (χ2n) is 2.69. The Bertz CT molecular complexity index is 301. The molecule has 1 unspecified atom stereocenters. The van der Waals surface area contributed by atoms with Gasteiger partial charge in [-0.15, -0.1) is 12.4 Å². The average molecular weight is 192 g/mol. The Labute approximate surface area is 75.0 Å². The minimum Gasteiger partial charge on any atom is -0.319 e. The Morgan fingerprint density at radius 1 is 1.25 bits per heavy atom. The Balaban J connectivity index is 0.000000720. The smallest absolute Gasteiger partial charge is 0.292 e.